The van der Waals surface area contributed by atoms with Crippen LogP contribution < -0.4 is 25.8 Å². The van der Waals surface area contributed by atoms with Crippen LogP contribution in [0.1, 0.15) is 27.5 Å². The molecule has 2 heterocycles. The van der Waals surface area contributed by atoms with Gasteiger partial charge in [0.15, 0.2) is 11.5 Å². The molecule has 0 fully saturated rings. The molecule has 8 nitrogen and oxygen atoms in total. The predicted molar refractivity (Wildman–Crippen MR) is 115 cm³/mol. The minimum atomic E-state index is -0.391. The lowest BCUT2D eigenvalue weighted by Gasteiger charge is -2.14. The van der Waals surface area contributed by atoms with E-state index in [-0.39, 0.29) is 31.6 Å². The highest BCUT2D eigenvalue weighted by Gasteiger charge is 2.15. The summed E-state index contributed by atoms with van der Waals surface area (Å²) in [5.74, 6) is 0.977. The zero-order valence-corrected chi connectivity index (χ0v) is 16.7. The van der Waals surface area contributed by atoms with Gasteiger partial charge in [0, 0.05) is 36.2 Å². The van der Waals surface area contributed by atoms with Crippen molar-refractivity contribution in [2.45, 2.75) is 12.5 Å². The molecule has 31 heavy (non-hydrogen) atoms. The molecule has 158 valence electrons. The molecule has 1 aromatic heterocycles. The highest BCUT2D eigenvalue weighted by Crippen LogP contribution is 2.32. The van der Waals surface area contributed by atoms with E-state index >= 15 is 0 Å². The third kappa shape index (κ3) is 5.18. The lowest BCUT2D eigenvalue weighted by Crippen LogP contribution is -2.32. The number of nitrogens with two attached hydrogens (primary N) is 1. The zero-order chi connectivity index (χ0) is 21.6. The van der Waals surface area contributed by atoms with Crippen LogP contribution >= 0.6 is 0 Å². The van der Waals surface area contributed by atoms with Gasteiger partial charge in [-0.2, -0.15) is 0 Å². The molecule has 0 spiro atoms. The molecule has 2 amide bonds. The molecular formula is C23H22N4O4. The van der Waals surface area contributed by atoms with Gasteiger partial charge in [0.05, 0.1) is 6.42 Å². The first kappa shape index (κ1) is 20.4. The summed E-state index contributed by atoms with van der Waals surface area (Å²) in [6, 6.07) is 15.5. The number of benzene rings is 2. The minimum Gasteiger partial charge on any atom is -0.454 e. The smallest absolute Gasteiger partial charge is 0.255 e. The Labute approximate surface area is 179 Å². The maximum atomic E-state index is 12.3. The van der Waals surface area contributed by atoms with Crippen LogP contribution in [0.5, 0.6) is 11.5 Å². The summed E-state index contributed by atoms with van der Waals surface area (Å²) in [5, 5.41) is 5.65. The molecule has 0 saturated heterocycles. The van der Waals surface area contributed by atoms with Gasteiger partial charge in [0.25, 0.3) is 5.91 Å². The van der Waals surface area contributed by atoms with Crippen LogP contribution in [0.15, 0.2) is 67.0 Å². The number of amides is 2. The molecule has 8 heteroatoms. The van der Waals surface area contributed by atoms with Crippen LogP contribution in [-0.2, 0) is 11.2 Å². The summed E-state index contributed by atoms with van der Waals surface area (Å²) in [5.41, 5.74) is 9.04. The van der Waals surface area contributed by atoms with E-state index in [9.17, 15) is 9.59 Å². The summed E-state index contributed by atoms with van der Waals surface area (Å²) in [6.07, 6.45) is 3.44. The third-order valence-corrected chi connectivity index (χ3v) is 4.86. The number of rotatable bonds is 7. The number of hydrogen-bond donors (Lipinski definition) is 3. The lowest BCUT2D eigenvalue weighted by molar-refractivity contribution is -0.120. The minimum absolute atomic E-state index is 0.136. The van der Waals surface area contributed by atoms with E-state index in [1.807, 2.05) is 6.07 Å². The molecule has 4 N–H and O–H groups in total. The van der Waals surface area contributed by atoms with Gasteiger partial charge in [0.2, 0.25) is 12.7 Å². The quantitative estimate of drug-likeness (QED) is 0.543. The fourth-order valence-corrected chi connectivity index (χ4v) is 3.16. The molecule has 4 rings (SSSR count). The Hall–Kier alpha value is -3.91. The number of aromatic nitrogens is 1. The summed E-state index contributed by atoms with van der Waals surface area (Å²) < 4.78 is 10.6. The van der Waals surface area contributed by atoms with Crippen LogP contribution in [0.3, 0.4) is 0 Å². The average Bonchev–Trinajstić information content (AvgIpc) is 3.26. The number of fused-ring (bicyclic) bond motifs is 1. The molecule has 1 unspecified atom stereocenters. The Balaban J connectivity index is 1.27. The van der Waals surface area contributed by atoms with E-state index in [0.29, 0.717) is 22.7 Å². The Bertz CT molecular complexity index is 1070. The molecule has 1 atom stereocenters. The van der Waals surface area contributed by atoms with Crippen LogP contribution in [0, 0.1) is 0 Å². The second-order valence-corrected chi connectivity index (χ2v) is 7.09. The second-order valence-electron chi connectivity index (χ2n) is 7.09. The van der Waals surface area contributed by atoms with E-state index in [1.165, 1.54) is 0 Å². The predicted octanol–water partition coefficient (Wildman–Crippen LogP) is 2.42. The fourth-order valence-electron chi connectivity index (χ4n) is 3.16. The lowest BCUT2D eigenvalue weighted by atomic mass is 10.0. The van der Waals surface area contributed by atoms with Crippen molar-refractivity contribution in [2.24, 2.45) is 5.73 Å². The largest absolute Gasteiger partial charge is 0.454 e. The number of nitrogens with zero attached hydrogens (tertiary/aromatic N) is 1. The van der Waals surface area contributed by atoms with Crippen molar-refractivity contribution in [3.05, 3.63) is 83.7 Å². The van der Waals surface area contributed by atoms with Gasteiger partial charge in [-0.15, -0.1) is 0 Å². The molecule has 2 aromatic carbocycles. The van der Waals surface area contributed by atoms with Gasteiger partial charge in [0.1, 0.15) is 0 Å². The van der Waals surface area contributed by atoms with Crippen molar-refractivity contribution in [2.75, 3.05) is 18.7 Å². The molecule has 0 bridgehead atoms. The standard InChI is InChI=1S/C23H22N4O4/c24-19(13-26-22(28)12-15-1-6-20-21(11-15)31-14-30-20)16-2-4-17(5-3-16)23(29)27-18-7-9-25-10-8-18/h1-11,19H,12-14,24H2,(H,26,28)(H,25,27,29). The molecule has 0 radical (unpaired) electrons. The van der Waals surface area contributed by atoms with Gasteiger partial charge in [-0.1, -0.05) is 18.2 Å². The number of nitrogens with one attached hydrogen (secondary N) is 2. The molecular weight excluding hydrogens is 396 g/mol. The van der Waals surface area contributed by atoms with Gasteiger partial charge < -0.3 is 25.8 Å². The number of carbonyl (C=O) groups is 2. The van der Waals surface area contributed by atoms with Crippen molar-refractivity contribution < 1.29 is 19.1 Å². The van der Waals surface area contributed by atoms with E-state index in [0.717, 1.165) is 11.1 Å². The van der Waals surface area contributed by atoms with Crippen molar-refractivity contribution in [3.63, 3.8) is 0 Å². The Morgan fingerprint density at radius 2 is 1.74 bits per heavy atom. The Morgan fingerprint density at radius 1 is 1.00 bits per heavy atom. The third-order valence-electron chi connectivity index (χ3n) is 4.86. The fraction of sp³-hybridized carbons (Fsp3) is 0.174. The Kier molecular flexibility index (Phi) is 6.09. The maximum Gasteiger partial charge on any atom is 0.255 e. The number of anilines is 1. The van der Waals surface area contributed by atoms with Crippen LogP contribution in [-0.4, -0.2) is 30.1 Å². The maximum absolute atomic E-state index is 12.3. The van der Waals surface area contributed by atoms with Gasteiger partial charge in [-0.3, -0.25) is 14.6 Å². The SMILES string of the molecule is NC(CNC(=O)Cc1ccc2c(c1)OCO2)c1ccc(C(=O)Nc2ccncc2)cc1. The Morgan fingerprint density at radius 3 is 2.52 bits per heavy atom. The van der Waals surface area contributed by atoms with Crippen LogP contribution in [0.2, 0.25) is 0 Å². The van der Waals surface area contributed by atoms with Crippen molar-refractivity contribution >= 4 is 17.5 Å². The van der Waals surface area contributed by atoms with E-state index in [2.05, 4.69) is 15.6 Å². The number of carbonyl (C=O) groups excluding carboxylic acids is 2. The summed E-state index contributed by atoms with van der Waals surface area (Å²) >= 11 is 0. The number of pyridine rings is 1. The van der Waals surface area contributed by atoms with E-state index in [4.69, 9.17) is 15.2 Å². The molecule has 1 aliphatic rings. The van der Waals surface area contributed by atoms with Gasteiger partial charge in [-0.25, -0.2) is 0 Å². The second kappa shape index (κ2) is 9.27. The monoisotopic (exact) mass is 418 g/mol. The highest BCUT2D eigenvalue weighted by atomic mass is 16.7. The number of ether oxygens (including phenoxy) is 2. The van der Waals surface area contributed by atoms with E-state index < -0.39 is 6.04 Å². The first-order valence-electron chi connectivity index (χ1n) is 9.80. The van der Waals surface area contributed by atoms with Crippen LogP contribution in [0.25, 0.3) is 0 Å². The zero-order valence-electron chi connectivity index (χ0n) is 16.7. The summed E-state index contributed by atoms with van der Waals surface area (Å²) in [6.45, 7) is 0.482. The summed E-state index contributed by atoms with van der Waals surface area (Å²) in [4.78, 5) is 28.5. The average molecular weight is 418 g/mol. The molecule has 1 aliphatic heterocycles. The van der Waals surface area contributed by atoms with Crippen molar-refractivity contribution in [3.8, 4) is 11.5 Å². The van der Waals surface area contributed by atoms with E-state index in [1.54, 1.807) is 60.9 Å². The van der Waals surface area contributed by atoms with Crippen molar-refractivity contribution in [1.82, 2.24) is 10.3 Å². The highest BCUT2D eigenvalue weighted by molar-refractivity contribution is 6.04. The molecule has 3 aromatic rings. The number of hydrogen-bond acceptors (Lipinski definition) is 6. The van der Waals surface area contributed by atoms with Crippen molar-refractivity contribution in [1.29, 1.82) is 0 Å². The molecule has 0 aliphatic carbocycles. The first-order valence-corrected chi connectivity index (χ1v) is 9.80. The topological polar surface area (TPSA) is 116 Å². The van der Waals surface area contributed by atoms with Gasteiger partial charge >= 0.3 is 0 Å². The normalized spacial score (nSPS) is 12.8. The van der Waals surface area contributed by atoms with Gasteiger partial charge in [-0.05, 0) is 47.5 Å². The molecule has 0 saturated carbocycles. The van der Waals surface area contributed by atoms with Crippen LogP contribution in [0.4, 0.5) is 5.69 Å². The summed E-state index contributed by atoms with van der Waals surface area (Å²) in [7, 11) is 0. The first-order chi connectivity index (χ1) is 15.1.